The van der Waals surface area contributed by atoms with Crippen LogP contribution in [0.3, 0.4) is 0 Å². The highest BCUT2D eigenvalue weighted by atomic mass is 32.2. The van der Waals surface area contributed by atoms with Gasteiger partial charge in [-0.2, -0.15) is 0 Å². The summed E-state index contributed by atoms with van der Waals surface area (Å²) in [5, 5.41) is 3.05. The van der Waals surface area contributed by atoms with Crippen molar-refractivity contribution in [3.05, 3.63) is 0 Å². The Hall–Kier alpha value is 0.160. The first kappa shape index (κ1) is 13.2. The second kappa shape index (κ2) is 8.74. The molecule has 0 fully saturated rings. The van der Waals surface area contributed by atoms with Crippen LogP contribution in [0.2, 0.25) is 0 Å². The minimum Gasteiger partial charge on any atom is -0.366 e. The van der Waals surface area contributed by atoms with Gasteiger partial charge in [-0.05, 0) is 20.1 Å². The van der Waals surface area contributed by atoms with Crippen LogP contribution in [0.4, 0.5) is 0 Å². The van der Waals surface area contributed by atoms with Crippen molar-refractivity contribution in [1.29, 1.82) is 0 Å². The summed E-state index contributed by atoms with van der Waals surface area (Å²) in [4.78, 5) is 0. The quantitative estimate of drug-likeness (QED) is 0.546. The molecule has 0 unspecified atom stereocenters. The van der Waals surface area contributed by atoms with Crippen LogP contribution in [0.25, 0.3) is 0 Å². The first-order chi connectivity index (χ1) is 6.24. The fraction of sp³-hybridized carbons (Fsp3) is 0.875. The van der Waals surface area contributed by atoms with Crippen molar-refractivity contribution in [2.45, 2.75) is 20.1 Å². The Kier molecular flexibility index (Phi) is 8.85. The molecule has 0 aromatic rings. The van der Waals surface area contributed by atoms with E-state index in [0.29, 0.717) is 19.8 Å². The Balaban J connectivity index is 3.61. The molecule has 5 heteroatoms. The van der Waals surface area contributed by atoms with Gasteiger partial charge in [0.2, 0.25) is 0 Å². The van der Waals surface area contributed by atoms with Crippen molar-refractivity contribution in [1.82, 2.24) is 5.32 Å². The van der Waals surface area contributed by atoms with Crippen LogP contribution < -0.4 is 5.32 Å². The smallest absolute Gasteiger partial charge is 0.174 e. The van der Waals surface area contributed by atoms with E-state index < -0.39 is 0 Å². The summed E-state index contributed by atoms with van der Waals surface area (Å²) >= 11 is 6.49. The molecule has 1 N–H and O–H groups in total. The van der Waals surface area contributed by atoms with Gasteiger partial charge in [-0.3, -0.25) is 0 Å². The number of rotatable bonds is 6. The summed E-state index contributed by atoms with van der Waals surface area (Å²) < 4.78 is 11.4. The summed E-state index contributed by atoms with van der Waals surface area (Å²) in [6.07, 6.45) is 1.74. The molecular weight excluding hydrogens is 206 g/mol. The molecule has 0 bridgehead atoms. The third kappa shape index (κ3) is 7.25. The second-order valence-corrected chi connectivity index (χ2v) is 3.70. The number of ether oxygens (including phenoxy) is 2. The van der Waals surface area contributed by atoms with Crippen LogP contribution in [0.5, 0.6) is 0 Å². The molecule has 0 saturated heterocycles. The molecule has 0 atom stereocenters. The van der Waals surface area contributed by atoms with Crippen molar-refractivity contribution < 1.29 is 9.47 Å². The number of hydrogen-bond acceptors (Lipinski definition) is 4. The lowest BCUT2D eigenvalue weighted by atomic mass is 10.6. The van der Waals surface area contributed by atoms with E-state index in [1.54, 1.807) is 0 Å². The van der Waals surface area contributed by atoms with Gasteiger partial charge in [-0.25, -0.2) is 0 Å². The maximum absolute atomic E-state index is 5.32. The first-order valence-electron chi connectivity index (χ1n) is 4.29. The van der Waals surface area contributed by atoms with Crippen molar-refractivity contribution in [3.8, 4) is 0 Å². The molecule has 0 aliphatic carbocycles. The Bertz CT molecular complexity index is 138. The van der Waals surface area contributed by atoms with Crippen LogP contribution in [-0.4, -0.2) is 36.6 Å². The van der Waals surface area contributed by atoms with Crippen LogP contribution >= 0.6 is 24.0 Å². The Morgan fingerprint density at radius 3 is 2.31 bits per heavy atom. The predicted molar refractivity (Wildman–Crippen MR) is 61.2 cm³/mol. The van der Waals surface area contributed by atoms with Gasteiger partial charge in [-0.15, -0.1) is 11.8 Å². The van der Waals surface area contributed by atoms with E-state index >= 15 is 0 Å². The lowest BCUT2D eigenvalue weighted by molar-refractivity contribution is -0.130. The zero-order valence-electron chi connectivity index (χ0n) is 8.33. The van der Waals surface area contributed by atoms with E-state index in [9.17, 15) is 0 Å². The van der Waals surface area contributed by atoms with Gasteiger partial charge in [-0.1, -0.05) is 12.2 Å². The van der Waals surface area contributed by atoms with Gasteiger partial charge in [0, 0.05) is 13.2 Å². The zero-order valence-corrected chi connectivity index (χ0v) is 9.96. The van der Waals surface area contributed by atoms with Crippen molar-refractivity contribution >= 4 is 28.3 Å². The summed E-state index contributed by atoms with van der Waals surface area (Å²) in [6.45, 7) is 5.80. The van der Waals surface area contributed by atoms with Gasteiger partial charge in [0.25, 0.3) is 0 Å². The van der Waals surface area contributed by atoms with Crippen LogP contribution in [0.1, 0.15) is 13.8 Å². The predicted octanol–water partition coefficient (Wildman–Crippen LogP) is 1.62. The maximum Gasteiger partial charge on any atom is 0.174 e. The molecule has 0 spiro atoms. The highest BCUT2D eigenvalue weighted by molar-refractivity contribution is 8.22. The summed E-state index contributed by atoms with van der Waals surface area (Å²) in [5.41, 5.74) is 0. The Morgan fingerprint density at radius 1 is 1.38 bits per heavy atom. The Morgan fingerprint density at radius 2 is 1.92 bits per heavy atom. The molecular formula is C8H17NO2S2. The normalized spacial score (nSPS) is 10.5. The monoisotopic (exact) mass is 223 g/mol. The topological polar surface area (TPSA) is 30.5 Å². The fourth-order valence-electron chi connectivity index (χ4n) is 0.777. The molecule has 0 aliphatic rings. The van der Waals surface area contributed by atoms with Crippen LogP contribution in [0, 0.1) is 0 Å². The summed E-state index contributed by atoms with van der Waals surface area (Å²) in [5.74, 6) is 0. The van der Waals surface area contributed by atoms with Crippen LogP contribution in [-0.2, 0) is 9.47 Å². The summed E-state index contributed by atoms with van der Waals surface area (Å²) in [7, 11) is 0. The zero-order chi connectivity index (χ0) is 10.1. The number of nitrogens with one attached hydrogen (secondary N) is 1. The minimum absolute atomic E-state index is 0.194. The van der Waals surface area contributed by atoms with E-state index in [0.717, 1.165) is 4.32 Å². The van der Waals surface area contributed by atoms with Crippen molar-refractivity contribution in [3.63, 3.8) is 0 Å². The molecule has 78 valence electrons. The third-order valence-electron chi connectivity index (χ3n) is 1.30. The minimum atomic E-state index is -0.194. The van der Waals surface area contributed by atoms with E-state index in [-0.39, 0.29) is 6.29 Å². The van der Waals surface area contributed by atoms with E-state index in [2.05, 4.69) is 5.32 Å². The first-order valence-corrected chi connectivity index (χ1v) is 5.92. The molecule has 0 heterocycles. The van der Waals surface area contributed by atoms with Gasteiger partial charge in [0.1, 0.15) is 4.32 Å². The van der Waals surface area contributed by atoms with Crippen molar-refractivity contribution in [2.24, 2.45) is 0 Å². The summed E-state index contributed by atoms with van der Waals surface area (Å²) in [6, 6.07) is 0. The van der Waals surface area contributed by atoms with Crippen LogP contribution in [0.15, 0.2) is 0 Å². The molecule has 0 radical (unpaired) electrons. The van der Waals surface area contributed by atoms with Gasteiger partial charge in [0.15, 0.2) is 6.29 Å². The number of thioether (sulfide) groups is 1. The average molecular weight is 223 g/mol. The lowest BCUT2D eigenvalue weighted by Gasteiger charge is -2.17. The molecule has 13 heavy (non-hydrogen) atoms. The highest BCUT2D eigenvalue weighted by Crippen LogP contribution is 1.97. The SMILES string of the molecule is CCOC(CNC(=S)SC)OCC. The molecule has 0 aromatic carbocycles. The molecule has 0 aliphatic heterocycles. The average Bonchev–Trinajstić information content (AvgIpc) is 2.14. The van der Waals surface area contributed by atoms with E-state index in [1.165, 1.54) is 11.8 Å². The van der Waals surface area contributed by atoms with Gasteiger partial charge >= 0.3 is 0 Å². The number of thiocarbonyl (C=S) groups is 1. The van der Waals surface area contributed by atoms with Crippen molar-refractivity contribution in [2.75, 3.05) is 26.0 Å². The largest absolute Gasteiger partial charge is 0.366 e. The van der Waals surface area contributed by atoms with Gasteiger partial charge in [0.05, 0.1) is 6.54 Å². The lowest BCUT2D eigenvalue weighted by Crippen LogP contribution is -2.33. The molecule has 3 nitrogen and oxygen atoms in total. The number of hydrogen-bond donors (Lipinski definition) is 1. The maximum atomic E-state index is 5.32. The molecule has 0 rings (SSSR count). The second-order valence-electron chi connectivity index (χ2n) is 2.21. The van der Waals surface area contributed by atoms with Gasteiger partial charge < -0.3 is 14.8 Å². The standard InChI is InChI=1S/C8H17NO2S2/c1-4-10-7(11-5-2)6-9-8(12)13-3/h7H,4-6H2,1-3H3,(H,9,12). The molecule has 0 amide bonds. The Labute approximate surface area is 89.6 Å². The van der Waals surface area contributed by atoms with E-state index in [4.69, 9.17) is 21.7 Å². The molecule has 0 aromatic heterocycles. The van der Waals surface area contributed by atoms with E-state index in [1.807, 2.05) is 20.1 Å². The molecule has 0 saturated carbocycles. The highest BCUT2D eigenvalue weighted by Gasteiger charge is 2.07. The fourth-order valence-corrected chi connectivity index (χ4v) is 1.09. The third-order valence-corrected chi connectivity index (χ3v) is 2.46.